The Morgan fingerprint density at radius 3 is 3.00 bits per heavy atom. The van der Waals surface area contributed by atoms with Gasteiger partial charge in [0.25, 0.3) is 0 Å². The molecule has 1 aliphatic heterocycles. The van der Waals surface area contributed by atoms with Crippen LogP contribution in [0, 0.1) is 6.92 Å². The number of aryl methyl sites for hydroxylation is 1. The molecular formula is C15H15N3O3. The number of carbonyl (C=O) groups is 2. The maximum atomic E-state index is 12.2. The van der Waals surface area contributed by atoms with E-state index in [1.165, 1.54) is 11.0 Å². The third-order valence-corrected chi connectivity index (χ3v) is 3.70. The van der Waals surface area contributed by atoms with Gasteiger partial charge in [0.2, 0.25) is 11.8 Å². The van der Waals surface area contributed by atoms with E-state index < -0.39 is 6.04 Å². The molecule has 1 saturated heterocycles. The lowest BCUT2D eigenvalue weighted by atomic mass is 10.0. The Balaban J connectivity index is 1.75. The Morgan fingerprint density at radius 2 is 2.33 bits per heavy atom. The fourth-order valence-electron chi connectivity index (χ4n) is 2.40. The maximum absolute atomic E-state index is 12.2. The third kappa shape index (κ3) is 2.29. The van der Waals surface area contributed by atoms with Gasteiger partial charge in [0.15, 0.2) is 5.58 Å². The van der Waals surface area contributed by atoms with Gasteiger partial charge >= 0.3 is 0 Å². The summed E-state index contributed by atoms with van der Waals surface area (Å²) >= 11 is 0. The summed E-state index contributed by atoms with van der Waals surface area (Å²) in [7, 11) is 0. The summed E-state index contributed by atoms with van der Waals surface area (Å²) in [6, 6.07) is 4.91. The number of fused-ring (bicyclic) bond motifs is 1. The van der Waals surface area contributed by atoms with Crippen LogP contribution >= 0.6 is 0 Å². The minimum Gasteiger partial charge on any atom is -0.356 e. The highest BCUT2D eigenvalue weighted by Crippen LogP contribution is 2.24. The van der Waals surface area contributed by atoms with Crippen molar-refractivity contribution in [2.45, 2.75) is 19.4 Å². The third-order valence-electron chi connectivity index (χ3n) is 3.70. The second-order valence-electron chi connectivity index (χ2n) is 5.01. The number of carbonyl (C=O) groups excluding carboxylic acids is 2. The van der Waals surface area contributed by atoms with Crippen molar-refractivity contribution >= 4 is 28.5 Å². The molecule has 3 rings (SSSR count). The van der Waals surface area contributed by atoms with Crippen LogP contribution in [0.1, 0.15) is 12.1 Å². The molecular weight excluding hydrogens is 270 g/mol. The summed E-state index contributed by atoms with van der Waals surface area (Å²) in [5.74, 6) is -0.406. The number of amides is 2. The standard InChI is InChI=1S/C15H15N3O3/c1-3-14(19)18-7-6-12(18)15(20)16-10-4-5-13-11(8-10)9(2)17-21-13/h3-5,8,12H,1,6-7H2,2H3,(H,16,20)/t12-/m0/s1. The molecule has 2 aromatic rings. The smallest absolute Gasteiger partial charge is 0.247 e. The average Bonchev–Trinajstić information content (AvgIpc) is 2.78. The van der Waals surface area contributed by atoms with E-state index in [2.05, 4.69) is 17.1 Å². The molecule has 1 aromatic carbocycles. The van der Waals surface area contributed by atoms with Crippen LogP contribution in [0.3, 0.4) is 0 Å². The molecule has 0 aliphatic carbocycles. The Labute approximate surface area is 121 Å². The van der Waals surface area contributed by atoms with Gasteiger partial charge in [-0.25, -0.2) is 0 Å². The second-order valence-corrected chi connectivity index (χ2v) is 5.01. The van der Waals surface area contributed by atoms with Crippen molar-refractivity contribution in [3.8, 4) is 0 Å². The van der Waals surface area contributed by atoms with E-state index in [4.69, 9.17) is 4.52 Å². The fourth-order valence-corrected chi connectivity index (χ4v) is 2.40. The van der Waals surface area contributed by atoms with Crippen LogP contribution < -0.4 is 5.32 Å². The van der Waals surface area contributed by atoms with Gasteiger partial charge in [-0.05, 0) is 37.6 Å². The zero-order chi connectivity index (χ0) is 15.0. The van der Waals surface area contributed by atoms with E-state index in [0.29, 0.717) is 24.2 Å². The van der Waals surface area contributed by atoms with Crippen molar-refractivity contribution in [3.63, 3.8) is 0 Å². The normalized spacial score (nSPS) is 17.4. The van der Waals surface area contributed by atoms with E-state index >= 15 is 0 Å². The van der Waals surface area contributed by atoms with Crippen LogP contribution in [-0.2, 0) is 9.59 Å². The number of aromatic nitrogens is 1. The SMILES string of the molecule is C=CC(=O)N1CC[C@H]1C(=O)Nc1ccc2onc(C)c2c1. The summed E-state index contributed by atoms with van der Waals surface area (Å²) in [5.41, 5.74) is 2.11. The Hall–Kier alpha value is -2.63. The molecule has 0 spiro atoms. The summed E-state index contributed by atoms with van der Waals surface area (Å²) in [6.07, 6.45) is 1.89. The molecule has 6 nitrogen and oxygen atoms in total. The first-order valence-electron chi connectivity index (χ1n) is 6.70. The number of hydrogen-bond donors (Lipinski definition) is 1. The average molecular weight is 285 g/mol. The summed E-state index contributed by atoms with van der Waals surface area (Å²) < 4.78 is 5.12. The van der Waals surface area contributed by atoms with Crippen molar-refractivity contribution in [1.82, 2.24) is 10.1 Å². The number of rotatable bonds is 3. The monoisotopic (exact) mass is 285 g/mol. The summed E-state index contributed by atoms with van der Waals surface area (Å²) in [5, 5.41) is 7.56. The van der Waals surface area contributed by atoms with Gasteiger partial charge in [0.1, 0.15) is 6.04 Å². The van der Waals surface area contributed by atoms with Crippen molar-refractivity contribution in [2.75, 3.05) is 11.9 Å². The van der Waals surface area contributed by atoms with Gasteiger partial charge in [-0.2, -0.15) is 0 Å². The van der Waals surface area contributed by atoms with E-state index in [9.17, 15) is 9.59 Å². The zero-order valence-corrected chi connectivity index (χ0v) is 11.6. The number of likely N-dealkylation sites (tertiary alicyclic amines) is 1. The number of hydrogen-bond acceptors (Lipinski definition) is 4. The topological polar surface area (TPSA) is 75.4 Å². The molecule has 2 heterocycles. The van der Waals surface area contributed by atoms with Gasteiger partial charge in [0, 0.05) is 17.6 Å². The largest absolute Gasteiger partial charge is 0.356 e. The highest BCUT2D eigenvalue weighted by molar-refractivity contribution is 6.01. The highest BCUT2D eigenvalue weighted by atomic mass is 16.5. The predicted octanol–water partition coefficient (Wildman–Crippen LogP) is 1.86. The number of nitrogens with one attached hydrogen (secondary N) is 1. The van der Waals surface area contributed by atoms with E-state index in [1.54, 1.807) is 12.1 Å². The highest BCUT2D eigenvalue weighted by Gasteiger charge is 2.36. The number of benzene rings is 1. The van der Waals surface area contributed by atoms with E-state index in [0.717, 1.165) is 11.1 Å². The lowest BCUT2D eigenvalue weighted by Gasteiger charge is -2.38. The van der Waals surface area contributed by atoms with Gasteiger partial charge in [-0.3, -0.25) is 9.59 Å². The summed E-state index contributed by atoms with van der Waals surface area (Å²) in [4.78, 5) is 25.3. The van der Waals surface area contributed by atoms with Crippen LogP contribution in [0.2, 0.25) is 0 Å². The minimum atomic E-state index is -0.422. The lowest BCUT2D eigenvalue weighted by Crippen LogP contribution is -2.56. The van der Waals surface area contributed by atoms with Gasteiger partial charge < -0.3 is 14.7 Å². The first kappa shape index (κ1) is 13.4. The molecule has 1 fully saturated rings. The molecule has 0 radical (unpaired) electrons. The second kappa shape index (κ2) is 5.05. The quantitative estimate of drug-likeness (QED) is 0.873. The Morgan fingerprint density at radius 1 is 1.52 bits per heavy atom. The molecule has 108 valence electrons. The van der Waals surface area contributed by atoms with E-state index in [1.807, 2.05) is 13.0 Å². The number of anilines is 1. The first-order chi connectivity index (χ1) is 10.1. The lowest BCUT2D eigenvalue weighted by molar-refractivity contribution is -0.141. The molecule has 1 aromatic heterocycles. The fraction of sp³-hybridized carbons (Fsp3) is 0.267. The predicted molar refractivity (Wildman–Crippen MR) is 77.7 cm³/mol. The molecule has 1 N–H and O–H groups in total. The molecule has 0 bridgehead atoms. The van der Waals surface area contributed by atoms with Crippen LogP contribution in [0.25, 0.3) is 11.0 Å². The van der Waals surface area contributed by atoms with Crippen molar-refractivity contribution < 1.29 is 14.1 Å². The van der Waals surface area contributed by atoms with Gasteiger partial charge in [0.05, 0.1) is 5.69 Å². The van der Waals surface area contributed by atoms with Crippen LogP contribution in [0.15, 0.2) is 35.4 Å². The van der Waals surface area contributed by atoms with Crippen LogP contribution in [0.4, 0.5) is 5.69 Å². The summed E-state index contributed by atoms with van der Waals surface area (Å²) in [6.45, 7) is 5.87. The zero-order valence-electron chi connectivity index (χ0n) is 11.6. The Kier molecular flexibility index (Phi) is 3.21. The molecule has 1 aliphatic rings. The molecule has 2 amide bonds. The molecule has 0 unspecified atom stereocenters. The van der Waals surface area contributed by atoms with Crippen LogP contribution in [0.5, 0.6) is 0 Å². The van der Waals surface area contributed by atoms with Crippen molar-refractivity contribution in [3.05, 3.63) is 36.5 Å². The molecule has 6 heteroatoms. The number of nitrogens with zero attached hydrogens (tertiary/aromatic N) is 2. The molecule has 1 atom stereocenters. The minimum absolute atomic E-state index is 0.190. The van der Waals surface area contributed by atoms with E-state index in [-0.39, 0.29) is 11.8 Å². The van der Waals surface area contributed by atoms with Crippen molar-refractivity contribution in [1.29, 1.82) is 0 Å². The van der Waals surface area contributed by atoms with Crippen LogP contribution in [-0.4, -0.2) is 34.5 Å². The van der Waals surface area contributed by atoms with Gasteiger partial charge in [-0.15, -0.1) is 0 Å². The molecule has 21 heavy (non-hydrogen) atoms. The van der Waals surface area contributed by atoms with Gasteiger partial charge in [-0.1, -0.05) is 11.7 Å². The first-order valence-corrected chi connectivity index (χ1v) is 6.70. The molecule has 0 saturated carbocycles. The Bertz CT molecular complexity index is 735. The maximum Gasteiger partial charge on any atom is 0.247 e. The van der Waals surface area contributed by atoms with Crippen molar-refractivity contribution in [2.24, 2.45) is 0 Å².